The zero-order chi connectivity index (χ0) is 21.1. The van der Waals surface area contributed by atoms with Crippen LogP contribution >= 0.6 is 0 Å². The number of hydrogen-bond donors (Lipinski definition) is 4. The number of nitrogens with two attached hydrogens (primary N) is 2. The Bertz CT molecular complexity index is 901. The summed E-state index contributed by atoms with van der Waals surface area (Å²) in [6.07, 6.45) is 5.32. The van der Waals surface area contributed by atoms with E-state index in [9.17, 15) is 14.9 Å². The molecule has 0 aliphatic rings. The Balaban J connectivity index is 0.000000568. The molecule has 0 radical (unpaired) electrons. The smallest absolute Gasteiger partial charge is 0.332 e. The number of allylic oxidation sites excluding steroid dienone is 1. The number of hydrogen-bond acceptors (Lipinski definition) is 6. The fourth-order valence-electron chi connectivity index (χ4n) is 1.87. The van der Waals surface area contributed by atoms with E-state index in [1.807, 2.05) is 6.07 Å². The van der Waals surface area contributed by atoms with Crippen molar-refractivity contribution in [2.45, 2.75) is 13.0 Å². The number of aliphatic carboxylic acids is 1. The van der Waals surface area contributed by atoms with Gasteiger partial charge in [0.25, 0.3) is 5.69 Å². The predicted molar refractivity (Wildman–Crippen MR) is 105 cm³/mol. The summed E-state index contributed by atoms with van der Waals surface area (Å²) in [5, 5.41) is 30.1. The summed E-state index contributed by atoms with van der Waals surface area (Å²) < 4.78 is 1.71. The Kier molecular flexibility index (Phi) is 8.57. The van der Waals surface area contributed by atoms with E-state index in [4.69, 9.17) is 21.8 Å². The summed E-state index contributed by atoms with van der Waals surface area (Å²) >= 11 is 0. The molecule has 0 amide bonds. The van der Waals surface area contributed by atoms with Crippen molar-refractivity contribution in [3.63, 3.8) is 0 Å². The highest BCUT2D eigenvalue weighted by Crippen LogP contribution is 2.24. The Morgan fingerprint density at radius 3 is 2.54 bits per heavy atom. The normalized spacial score (nSPS) is 12.6. The van der Waals surface area contributed by atoms with E-state index < -0.39 is 17.0 Å². The standard InChI is InChI=1S/C14H14N6O2.C3H6O3/c15-14(18-16)17-9-3-5-11-6-4-10-19(11)12-7-1-2-8-13(12)20(21)22;1-2(4)3(5)6/h1-10H,16H2,(H2,15,18);2,4H,1H3,(H,5,6). The van der Waals surface area contributed by atoms with Gasteiger partial charge in [-0.3, -0.25) is 10.1 Å². The van der Waals surface area contributed by atoms with Gasteiger partial charge in [-0.05, 0) is 37.3 Å². The van der Waals surface area contributed by atoms with Gasteiger partial charge in [0.05, 0.1) is 4.92 Å². The number of carboxylic acids is 1. The van der Waals surface area contributed by atoms with Gasteiger partial charge in [-0.25, -0.2) is 9.79 Å². The maximum Gasteiger partial charge on any atom is 0.332 e. The molecule has 0 bridgehead atoms. The molecular formula is C17H20N6O5. The van der Waals surface area contributed by atoms with Crippen molar-refractivity contribution in [1.82, 2.24) is 4.57 Å². The van der Waals surface area contributed by atoms with E-state index in [0.717, 1.165) is 5.69 Å². The summed E-state index contributed by atoms with van der Waals surface area (Å²) in [4.78, 5) is 23.9. The molecule has 1 unspecified atom stereocenters. The van der Waals surface area contributed by atoms with Gasteiger partial charge in [-0.15, -0.1) is 5.10 Å². The van der Waals surface area contributed by atoms with Gasteiger partial charge in [0.1, 0.15) is 11.8 Å². The number of nitrogens with zero attached hydrogens (tertiary/aromatic N) is 4. The molecule has 0 aliphatic heterocycles. The third kappa shape index (κ3) is 6.72. The number of aromatic nitrogens is 1. The summed E-state index contributed by atoms with van der Waals surface area (Å²) in [6.45, 7) is 1.20. The third-order valence-electron chi connectivity index (χ3n) is 3.17. The second kappa shape index (κ2) is 10.9. The number of aliphatic hydroxyl groups is 1. The largest absolute Gasteiger partial charge is 0.479 e. The molecule has 1 heterocycles. The quantitative estimate of drug-likeness (QED) is 0.194. The number of rotatable bonds is 5. The number of nitro groups is 1. The second-order valence-electron chi connectivity index (χ2n) is 5.19. The molecule has 11 heteroatoms. The zero-order valence-electron chi connectivity index (χ0n) is 14.9. The molecule has 0 aliphatic carbocycles. The number of aliphatic hydroxyl groups excluding tert-OH is 1. The summed E-state index contributed by atoms with van der Waals surface area (Å²) in [5.74, 6) is 3.72. The van der Waals surface area contributed by atoms with Gasteiger partial charge in [0.15, 0.2) is 0 Å². The lowest BCUT2D eigenvalue weighted by Gasteiger charge is -2.06. The molecule has 28 heavy (non-hydrogen) atoms. The van der Waals surface area contributed by atoms with Crippen LogP contribution in [0.3, 0.4) is 0 Å². The van der Waals surface area contributed by atoms with Crippen LogP contribution in [-0.2, 0) is 4.79 Å². The highest BCUT2D eigenvalue weighted by molar-refractivity contribution is 5.91. The van der Waals surface area contributed by atoms with Gasteiger partial charge >= 0.3 is 5.97 Å². The SMILES string of the molecule is CC(O)C(=O)O.NN=C(N)N=CC=Cc1cccn1-c1ccccc1[N+](=O)[O-]. The molecular weight excluding hydrogens is 368 g/mol. The van der Waals surface area contributed by atoms with Crippen LogP contribution in [0.4, 0.5) is 5.69 Å². The van der Waals surface area contributed by atoms with Gasteiger partial charge in [-0.2, -0.15) is 0 Å². The van der Waals surface area contributed by atoms with E-state index in [-0.39, 0.29) is 11.6 Å². The van der Waals surface area contributed by atoms with Crippen LogP contribution in [0, 0.1) is 10.1 Å². The number of benzene rings is 1. The number of hydrazone groups is 1. The summed E-state index contributed by atoms with van der Waals surface area (Å²) in [7, 11) is 0. The maximum absolute atomic E-state index is 11.1. The van der Waals surface area contributed by atoms with Crippen molar-refractivity contribution >= 4 is 29.9 Å². The van der Waals surface area contributed by atoms with Crippen LogP contribution in [0.1, 0.15) is 12.6 Å². The van der Waals surface area contributed by atoms with Crippen LogP contribution in [0.2, 0.25) is 0 Å². The monoisotopic (exact) mass is 388 g/mol. The van der Waals surface area contributed by atoms with Crippen molar-refractivity contribution in [1.29, 1.82) is 0 Å². The Morgan fingerprint density at radius 2 is 1.96 bits per heavy atom. The van der Waals surface area contributed by atoms with E-state index in [2.05, 4.69) is 10.1 Å². The molecule has 1 atom stereocenters. The van der Waals surface area contributed by atoms with Crippen molar-refractivity contribution in [2.24, 2.45) is 21.7 Å². The maximum atomic E-state index is 11.1. The van der Waals surface area contributed by atoms with Crippen LogP contribution in [-0.4, -0.2) is 44.0 Å². The lowest BCUT2D eigenvalue weighted by molar-refractivity contribution is -0.384. The van der Waals surface area contributed by atoms with Crippen molar-refractivity contribution in [3.05, 3.63) is 64.5 Å². The molecule has 148 valence electrons. The van der Waals surface area contributed by atoms with Gasteiger partial charge in [0.2, 0.25) is 5.96 Å². The third-order valence-corrected chi connectivity index (χ3v) is 3.17. The first-order valence-corrected chi connectivity index (χ1v) is 7.84. The van der Waals surface area contributed by atoms with Gasteiger partial charge < -0.3 is 26.4 Å². The minimum absolute atomic E-state index is 0.0292. The van der Waals surface area contributed by atoms with E-state index in [0.29, 0.717) is 5.69 Å². The van der Waals surface area contributed by atoms with Crippen LogP contribution in [0.15, 0.2) is 58.8 Å². The first-order chi connectivity index (χ1) is 13.3. The van der Waals surface area contributed by atoms with Crippen molar-refractivity contribution in [2.75, 3.05) is 0 Å². The molecule has 0 saturated heterocycles. The minimum Gasteiger partial charge on any atom is -0.479 e. The van der Waals surface area contributed by atoms with Crippen molar-refractivity contribution in [3.8, 4) is 5.69 Å². The highest BCUT2D eigenvalue weighted by atomic mass is 16.6. The Labute approximate surface area is 160 Å². The Morgan fingerprint density at radius 1 is 1.32 bits per heavy atom. The number of carbonyl (C=O) groups is 1. The van der Waals surface area contributed by atoms with Crippen LogP contribution < -0.4 is 11.6 Å². The van der Waals surface area contributed by atoms with E-state index >= 15 is 0 Å². The molecule has 2 rings (SSSR count). The molecule has 6 N–H and O–H groups in total. The zero-order valence-corrected chi connectivity index (χ0v) is 14.9. The van der Waals surface area contributed by atoms with Crippen LogP contribution in [0.25, 0.3) is 11.8 Å². The van der Waals surface area contributed by atoms with Crippen LogP contribution in [0.5, 0.6) is 0 Å². The number of para-hydroxylation sites is 2. The lowest BCUT2D eigenvalue weighted by Crippen LogP contribution is -2.13. The fourth-order valence-corrected chi connectivity index (χ4v) is 1.87. The Hall–Kier alpha value is -3.99. The van der Waals surface area contributed by atoms with Gasteiger partial charge in [0, 0.05) is 24.2 Å². The van der Waals surface area contributed by atoms with Gasteiger partial charge in [-0.1, -0.05) is 12.1 Å². The fraction of sp³-hybridized carbons (Fsp3) is 0.118. The summed E-state index contributed by atoms with van der Waals surface area (Å²) in [6, 6.07) is 10.1. The molecule has 11 nitrogen and oxygen atoms in total. The molecule has 0 fully saturated rings. The average molecular weight is 388 g/mol. The number of guanidine groups is 1. The molecule has 0 spiro atoms. The first-order valence-electron chi connectivity index (χ1n) is 7.84. The van der Waals surface area contributed by atoms with Crippen molar-refractivity contribution < 1.29 is 19.9 Å². The highest BCUT2D eigenvalue weighted by Gasteiger charge is 2.14. The first kappa shape index (κ1) is 22.1. The number of nitro benzene ring substituents is 1. The molecule has 2 aromatic rings. The summed E-state index contributed by atoms with van der Waals surface area (Å²) in [5.41, 5.74) is 6.59. The molecule has 1 aromatic heterocycles. The predicted octanol–water partition coefficient (Wildman–Crippen LogP) is 1.11. The van der Waals surface area contributed by atoms with E-state index in [1.165, 1.54) is 19.2 Å². The van der Waals surface area contributed by atoms with E-state index in [1.54, 1.807) is 47.2 Å². The minimum atomic E-state index is -1.23. The lowest BCUT2D eigenvalue weighted by atomic mass is 10.2. The average Bonchev–Trinajstić information content (AvgIpc) is 3.13. The number of aliphatic imine (C=N–C) groups is 1. The number of carboxylic acid groups (broad SMARTS) is 1. The second-order valence-corrected chi connectivity index (χ2v) is 5.19. The topological polar surface area (TPSA) is 182 Å². The molecule has 1 aromatic carbocycles. The molecule has 0 saturated carbocycles.